The van der Waals surface area contributed by atoms with Gasteiger partial charge < -0.3 is 14.6 Å². The van der Waals surface area contributed by atoms with Gasteiger partial charge >= 0.3 is 12.1 Å². The molecule has 222 valence electrons. The molecule has 1 amide bonds. The number of rotatable bonds is 8. The van der Waals surface area contributed by atoms with Crippen LogP contribution in [-0.2, 0) is 11.8 Å². The van der Waals surface area contributed by atoms with Crippen molar-refractivity contribution in [3.05, 3.63) is 102 Å². The van der Waals surface area contributed by atoms with Crippen molar-refractivity contribution in [2.24, 2.45) is 7.05 Å². The molecule has 4 aromatic heterocycles. The van der Waals surface area contributed by atoms with Crippen molar-refractivity contribution in [1.82, 2.24) is 14.8 Å². The van der Waals surface area contributed by atoms with Crippen molar-refractivity contribution >= 4 is 50.0 Å². The molecule has 0 radical (unpaired) electrons. The summed E-state index contributed by atoms with van der Waals surface area (Å²) < 4.78 is 44.1. The summed E-state index contributed by atoms with van der Waals surface area (Å²) in [6.45, 7) is 1.79. The summed E-state index contributed by atoms with van der Waals surface area (Å²) in [4.78, 5) is 29.4. The van der Waals surface area contributed by atoms with Crippen molar-refractivity contribution in [2.75, 3.05) is 5.32 Å². The standard InChI is InChI=1S/C31H22F2N4O5S2/c1-16(17-7-4-3-5-8-17)41-31(40)36-28-20(15-35-37(28)2)24-14-26-25(44-24)13-23(43-26)18-11-21(32)27(22(33)12-18)42-29-19(30(38)39)9-6-10-34-29/h3-16H,1-2H3,(H,36,40)(H,38,39)/t16-/m1/s1. The van der Waals surface area contributed by atoms with Gasteiger partial charge in [-0.1, -0.05) is 30.3 Å². The largest absolute Gasteiger partial charge is 0.477 e. The van der Waals surface area contributed by atoms with Crippen LogP contribution in [0.15, 0.2) is 79.1 Å². The SMILES string of the molecule is C[C@@H](OC(=O)Nc1c(-c2cc3sc(-c4cc(F)c(Oc5ncccc5C(=O)O)c(F)c4)cc3s2)cnn1C)c1ccccc1. The van der Waals surface area contributed by atoms with E-state index in [-0.39, 0.29) is 5.56 Å². The average molecular weight is 633 g/mol. The van der Waals surface area contributed by atoms with E-state index >= 15 is 8.78 Å². The molecule has 4 heterocycles. The summed E-state index contributed by atoms with van der Waals surface area (Å²) in [6, 6.07) is 18.0. The molecule has 0 spiro atoms. The zero-order valence-electron chi connectivity index (χ0n) is 23.1. The number of carbonyl (C=O) groups excluding carboxylic acids is 1. The minimum atomic E-state index is -1.34. The number of amides is 1. The maximum Gasteiger partial charge on any atom is 0.413 e. The summed E-state index contributed by atoms with van der Waals surface area (Å²) in [5.74, 6) is -4.04. The van der Waals surface area contributed by atoms with Crippen LogP contribution in [0.5, 0.6) is 11.6 Å². The molecule has 0 saturated carbocycles. The number of hydrogen-bond donors (Lipinski definition) is 2. The van der Waals surface area contributed by atoms with Gasteiger partial charge in [-0.05, 0) is 54.4 Å². The quantitative estimate of drug-likeness (QED) is 0.173. The maximum atomic E-state index is 15.0. The van der Waals surface area contributed by atoms with Crippen LogP contribution >= 0.6 is 22.7 Å². The lowest BCUT2D eigenvalue weighted by molar-refractivity contribution is 0.0693. The van der Waals surface area contributed by atoms with Crippen molar-refractivity contribution < 1.29 is 33.0 Å². The van der Waals surface area contributed by atoms with Gasteiger partial charge in [0.2, 0.25) is 11.6 Å². The second-order valence-electron chi connectivity index (χ2n) is 9.60. The molecular formula is C31H22F2N4O5S2. The number of nitrogens with zero attached hydrogens (tertiary/aromatic N) is 3. The lowest BCUT2D eigenvalue weighted by Gasteiger charge is -2.14. The topological polar surface area (TPSA) is 116 Å². The molecule has 9 nitrogen and oxygen atoms in total. The first kappa shape index (κ1) is 29.0. The third-order valence-electron chi connectivity index (χ3n) is 6.67. The van der Waals surface area contributed by atoms with Gasteiger partial charge in [-0.15, -0.1) is 22.7 Å². The number of anilines is 1. The Morgan fingerprint density at radius 2 is 1.66 bits per heavy atom. The molecule has 0 saturated heterocycles. The number of fused-ring (bicyclic) bond motifs is 1. The number of aromatic nitrogens is 3. The number of carbonyl (C=O) groups is 2. The van der Waals surface area contributed by atoms with Crippen LogP contribution in [0.1, 0.15) is 28.9 Å². The number of carboxylic acid groups (broad SMARTS) is 1. The molecule has 0 unspecified atom stereocenters. The number of benzene rings is 2. The van der Waals surface area contributed by atoms with Crippen molar-refractivity contribution in [2.45, 2.75) is 13.0 Å². The molecule has 0 fully saturated rings. The minimum Gasteiger partial charge on any atom is -0.477 e. The Hall–Kier alpha value is -5.14. The lowest BCUT2D eigenvalue weighted by Crippen LogP contribution is -2.18. The number of carboxylic acids is 1. The molecule has 6 aromatic rings. The van der Waals surface area contributed by atoms with E-state index in [1.54, 1.807) is 24.9 Å². The van der Waals surface area contributed by atoms with Crippen LogP contribution in [0.4, 0.5) is 19.4 Å². The Balaban J connectivity index is 1.22. The molecule has 6 rings (SSSR count). The molecule has 0 aliphatic heterocycles. The molecule has 2 aromatic carbocycles. The van der Waals surface area contributed by atoms with E-state index in [0.29, 0.717) is 21.8 Å². The van der Waals surface area contributed by atoms with Gasteiger partial charge in [0.1, 0.15) is 17.5 Å². The number of aromatic carboxylic acids is 1. The lowest BCUT2D eigenvalue weighted by atomic mass is 10.1. The fourth-order valence-electron chi connectivity index (χ4n) is 4.49. The van der Waals surface area contributed by atoms with Crippen molar-refractivity contribution in [3.63, 3.8) is 0 Å². The van der Waals surface area contributed by atoms with E-state index in [9.17, 15) is 14.7 Å². The zero-order valence-corrected chi connectivity index (χ0v) is 24.7. The smallest absolute Gasteiger partial charge is 0.413 e. The zero-order chi connectivity index (χ0) is 31.0. The molecular weight excluding hydrogens is 610 g/mol. The second-order valence-corrected chi connectivity index (χ2v) is 11.8. The van der Waals surface area contributed by atoms with Crippen LogP contribution in [0.2, 0.25) is 0 Å². The number of aryl methyl sites for hydroxylation is 1. The summed E-state index contributed by atoms with van der Waals surface area (Å²) in [6.07, 6.45) is 1.84. The van der Waals surface area contributed by atoms with E-state index in [1.165, 1.54) is 41.0 Å². The number of nitrogens with one attached hydrogen (secondary N) is 1. The van der Waals surface area contributed by atoms with E-state index in [2.05, 4.69) is 15.4 Å². The average Bonchev–Trinajstić information content (AvgIpc) is 3.69. The van der Waals surface area contributed by atoms with Gasteiger partial charge in [0, 0.05) is 32.4 Å². The van der Waals surface area contributed by atoms with Crippen LogP contribution in [0.25, 0.3) is 30.3 Å². The molecule has 0 aliphatic carbocycles. The first-order valence-electron chi connectivity index (χ1n) is 13.1. The summed E-state index contributed by atoms with van der Waals surface area (Å²) in [5, 5.41) is 16.4. The first-order chi connectivity index (χ1) is 21.2. The molecule has 1 atom stereocenters. The molecule has 2 N–H and O–H groups in total. The Morgan fingerprint density at radius 3 is 2.36 bits per heavy atom. The normalized spacial score (nSPS) is 11.8. The van der Waals surface area contributed by atoms with Gasteiger partial charge in [-0.25, -0.2) is 23.4 Å². The van der Waals surface area contributed by atoms with Gasteiger partial charge in [0.15, 0.2) is 11.6 Å². The predicted molar refractivity (Wildman–Crippen MR) is 163 cm³/mol. The number of ether oxygens (including phenoxy) is 2. The van der Waals surface area contributed by atoms with Crippen LogP contribution in [-0.4, -0.2) is 31.9 Å². The fourth-order valence-corrected chi connectivity index (χ4v) is 6.88. The van der Waals surface area contributed by atoms with Gasteiger partial charge in [-0.2, -0.15) is 5.10 Å². The van der Waals surface area contributed by atoms with E-state index < -0.39 is 41.4 Å². The highest BCUT2D eigenvalue weighted by atomic mass is 32.1. The third-order valence-corrected chi connectivity index (χ3v) is 9.04. The van der Waals surface area contributed by atoms with E-state index in [0.717, 1.165) is 32.0 Å². The summed E-state index contributed by atoms with van der Waals surface area (Å²) >= 11 is 2.78. The molecule has 44 heavy (non-hydrogen) atoms. The minimum absolute atomic E-state index is 0.292. The van der Waals surface area contributed by atoms with Crippen molar-refractivity contribution in [1.29, 1.82) is 0 Å². The van der Waals surface area contributed by atoms with Crippen LogP contribution in [0.3, 0.4) is 0 Å². The molecule has 0 bridgehead atoms. The van der Waals surface area contributed by atoms with E-state index in [1.807, 2.05) is 42.5 Å². The first-order valence-corrected chi connectivity index (χ1v) is 14.7. The highest BCUT2D eigenvalue weighted by Gasteiger charge is 2.22. The Kier molecular flexibility index (Phi) is 7.80. The van der Waals surface area contributed by atoms with Crippen LogP contribution < -0.4 is 10.1 Å². The number of halogens is 2. The Morgan fingerprint density at radius 1 is 0.977 bits per heavy atom. The van der Waals surface area contributed by atoms with Gasteiger partial charge in [0.25, 0.3) is 0 Å². The fraction of sp³-hybridized carbons (Fsp3) is 0.0968. The number of hydrogen-bond acceptors (Lipinski definition) is 8. The number of thiophene rings is 2. The number of pyridine rings is 1. The van der Waals surface area contributed by atoms with Crippen molar-refractivity contribution in [3.8, 4) is 32.5 Å². The molecule has 13 heteroatoms. The van der Waals surface area contributed by atoms with E-state index in [4.69, 9.17) is 9.47 Å². The second kappa shape index (κ2) is 11.9. The van der Waals surface area contributed by atoms with Gasteiger partial charge in [-0.3, -0.25) is 10.00 Å². The third kappa shape index (κ3) is 5.74. The van der Waals surface area contributed by atoms with Gasteiger partial charge in [0.05, 0.1) is 11.8 Å². The maximum absolute atomic E-state index is 15.0. The van der Waals surface area contributed by atoms with Crippen LogP contribution in [0, 0.1) is 11.6 Å². The monoisotopic (exact) mass is 632 g/mol. The highest BCUT2D eigenvalue weighted by Crippen LogP contribution is 2.44. The summed E-state index contributed by atoms with van der Waals surface area (Å²) in [7, 11) is 1.71. The summed E-state index contributed by atoms with van der Waals surface area (Å²) in [5.41, 5.74) is 1.53. The molecule has 0 aliphatic rings. The Labute approximate surface area is 256 Å². The Bertz CT molecular complexity index is 1970. The predicted octanol–water partition coefficient (Wildman–Crippen LogP) is 8.50. The highest BCUT2D eigenvalue weighted by molar-refractivity contribution is 7.31.